The molecule has 1 aromatic carbocycles. The number of imidazole rings is 1. The maximum atomic E-state index is 13.6. The average Bonchev–Trinajstić information content (AvgIpc) is 3.14. The maximum Gasteiger partial charge on any atom is 0.511 e. The van der Waals surface area contributed by atoms with E-state index < -0.39 is 46.4 Å². The average molecular weight is 523 g/mol. The van der Waals surface area contributed by atoms with Crippen molar-refractivity contribution in [2.45, 2.75) is 62.9 Å². The minimum Gasteiger partial charge on any atom is -0.361 e. The van der Waals surface area contributed by atoms with E-state index in [1.54, 1.807) is 4.90 Å². The van der Waals surface area contributed by atoms with Crippen molar-refractivity contribution in [3.8, 4) is 0 Å². The molecule has 1 aliphatic heterocycles. The summed E-state index contributed by atoms with van der Waals surface area (Å²) in [6, 6.07) is 2.24. The fourth-order valence-electron chi connectivity index (χ4n) is 5.81. The number of alkyl halides is 6. The number of sulfonamides is 1. The van der Waals surface area contributed by atoms with Gasteiger partial charge in [-0.25, -0.2) is 13.4 Å². The van der Waals surface area contributed by atoms with Gasteiger partial charge in [0.25, 0.3) is 0 Å². The summed E-state index contributed by atoms with van der Waals surface area (Å²) in [5.74, 6) is -0.0857. The van der Waals surface area contributed by atoms with Gasteiger partial charge in [0.2, 0.25) is 0 Å². The van der Waals surface area contributed by atoms with E-state index in [0.29, 0.717) is 15.7 Å². The van der Waals surface area contributed by atoms with E-state index in [2.05, 4.69) is 9.97 Å². The van der Waals surface area contributed by atoms with Crippen LogP contribution >= 0.6 is 0 Å². The van der Waals surface area contributed by atoms with Gasteiger partial charge >= 0.3 is 21.7 Å². The lowest BCUT2D eigenvalue weighted by Gasteiger charge is -2.58. The maximum absolute atomic E-state index is 13.6. The van der Waals surface area contributed by atoms with Crippen LogP contribution in [0.3, 0.4) is 0 Å². The number of hydrogen-bond acceptors (Lipinski definition) is 4. The van der Waals surface area contributed by atoms with Gasteiger partial charge in [-0.05, 0) is 60.8 Å². The third-order valence-corrected chi connectivity index (χ3v) is 9.27. The summed E-state index contributed by atoms with van der Waals surface area (Å²) in [4.78, 5) is 8.65. The number of hydrogen-bond donors (Lipinski definition) is 1. The Hall–Kier alpha value is -2.28. The van der Waals surface area contributed by atoms with E-state index in [9.17, 15) is 34.8 Å². The lowest BCUT2D eigenvalue weighted by atomic mass is 9.50. The number of halogens is 6. The van der Waals surface area contributed by atoms with Gasteiger partial charge in [0.1, 0.15) is 0 Å². The summed E-state index contributed by atoms with van der Waals surface area (Å²) in [6.07, 6.45) is 2.91. The molecule has 1 atom stereocenters. The van der Waals surface area contributed by atoms with Gasteiger partial charge in [0, 0.05) is 31.0 Å². The van der Waals surface area contributed by atoms with Gasteiger partial charge in [0.15, 0.2) is 0 Å². The molecular weight excluding hydrogens is 498 g/mol. The van der Waals surface area contributed by atoms with Gasteiger partial charge in [-0.2, -0.15) is 30.6 Å². The van der Waals surface area contributed by atoms with Gasteiger partial charge in [-0.3, -0.25) is 0 Å². The van der Waals surface area contributed by atoms with Crippen molar-refractivity contribution in [1.29, 1.82) is 0 Å². The van der Waals surface area contributed by atoms with E-state index in [-0.39, 0.29) is 23.4 Å². The first kappa shape index (κ1) is 24.4. The van der Waals surface area contributed by atoms with Gasteiger partial charge in [0.05, 0.1) is 24.1 Å². The Morgan fingerprint density at radius 3 is 2.37 bits per heavy atom. The van der Waals surface area contributed by atoms with Crippen LogP contribution in [0.5, 0.6) is 0 Å². The van der Waals surface area contributed by atoms with Gasteiger partial charge in [-0.15, -0.1) is 0 Å². The highest BCUT2D eigenvalue weighted by Gasteiger charge is 2.55. The third-order valence-electron chi connectivity index (χ3n) is 7.73. The molecule has 1 aromatic heterocycles. The van der Waals surface area contributed by atoms with Gasteiger partial charge < -0.3 is 9.88 Å². The van der Waals surface area contributed by atoms with Crippen molar-refractivity contribution in [3.63, 3.8) is 0 Å². The predicted molar refractivity (Wildman–Crippen MR) is 114 cm³/mol. The van der Waals surface area contributed by atoms with Crippen molar-refractivity contribution in [2.75, 3.05) is 11.4 Å². The molecule has 6 nitrogen and oxygen atoms in total. The van der Waals surface area contributed by atoms with Gasteiger partial charge in [-0.1, -0.05) is 6.42 Å². The molecule has 2 saturated carbocycles. The Morgan fingerprint density at radius 2 is 1.83 bits per heavy atom. The lowest BCUT2D eigenvalue weighted by molar-refractivity contribution is -0.137. The minimum atomic E-state index is -5.76. The molecule has 0 radical (unpaired) electrons. The zero-order valence-corrected chi connectivity index (χ0v) is 19.3. The molecule has 1 spiro atoms. The SMILES string of the molecule is O=S(=O)(N1Cc2cc(C(F)(F)F)ccc2N(Cc2cnc[nH]2)[C@@H](C2CC3(CCC3)C2)C1)C(F)(F)F. The summed E-state index contributed by atoms with van der Waals surface area (Å²) in [6.45, 7) is -1.12. The lowest BCUT2D eigenvalue weighted by Crippen LogP contribution is -2.56. The van der Waals surface area contributed by atoms with Crippen molar-refractivity contribution in [3.05, 3.63) is 47.5 Å². The molecule has 2 aromatic rings. The number of fused-ring (bicyclic) bond motifs is 1. The molecule has 3 aliphatic rings. The molecule has 2 fully saturated rings. The highest BCUT2D eigenvalue weighted by Crippen LogP contribution is 2.60. The molecule has 2 aliphatic carbocycles. The number of anilines is 1. The quantitative estimate of drug-likeness (QED) is 0.571. The summed E-state index contributed by atoms with van der Waals surface area (Å²) >= 11 is 0. The van der Waals surface area contributed by atoms with E-state index in [4.69, 9.17) is 0 Å². The van der Waals surface area contributed by atoms with Crippen molar-refractivity contribution >= 4 is 15.7 Å². The standard InChI is InChI=1S/C22H24F6N4O2S/c23-21(24,25)16-2-3-18-14(6-16)10-31(35(33,34)22(26,27)28)12-19(15-7-20(8-15)4-1-5-20)32(18)11-17-9-29-13-30-17/h2-3,6,9,13,15,19H,1,4-5,7-8,10-12H2,(H,29,30)/t19-/m1/s1. The van der Waals surface area contributed by atoms with Crippen LogP contribution in [0.2, 0.25) is 0 Å². The molecule has 13 heteroatoms. The minimum absolute atomic E-state index is 0.0857. The molecule has 0 saturated heterocycles. The molecule has 35 heavy (non-hydrogen) atoms. The monoisotopic (exact) mass is 522 g/mol. The van der Waals surface area contributed by atoms with Crippen LogP contribution in [-0.2, 0) is 29.3 Å². The first-order valence-corrected chi connectivity index (χ1v) is 12.7. The van der Waals surface area contributed by atoms with E-state index in [1.165, 1.54) is 18.6 Å². The number of aromatic nitrogens is 2. The molecule has 0 unspecified atom stereocenters. The second-order valence-electron chi connectivity index (χ2n) is 9.88. The zero-order chi connectivity index (χ0) is 25.2. The Labute approximate surface area is 198 Å². The number of benzene rings is 1. The summed E-state index contributed by atoms with van der Waals surface area (Å²) in [5.41, 5.74) is -5.65. The fraction of sp³-hybridized carbons (Fsp3) is 0.591. The molecule has 2 heterocycles. The Balaban J connectivity index is 1.61. The topological polar surface area (TPSA) is 69.3 Å². The number of rotatable bonds is 4. The predicted octanol–water partition coefficient (Wildman–Crippen LogP) is 5.05. The van der Waals surface area contributed by atoms with Crippen LogP contribution in [0, 0.1) is 11.3 Å². The van der Waals surface area contributed by atoms with Crippen LogP contribution in [0.4, 0.5) is 32.0 Å². The van der Waals surface area contributed by atoms with E-state index in [0.717, 1.165) is 44.2 Å². The van der Waals surface area contributed by atoms with Crippen molar-refractivity contribution in [2.24, 2.45) is 11.3 Å². The second-order valence-corrected chi connectivity index (χ2v) is 11.8. The smallest absolute Gasteiger partial charge is 0.361 e. The molecule has 0 bridgehead atoms. The Morgan fingerprint density at radius 1 is 1.11 bits per heavy atom. The van der Waals surface area contributed by atoms with E-state index in [1.807, 2.05) is 0 Å². The molecular formula is C22H24F6N4O2S. The van der Waals surface area contributed by atoms with Crippen LogP contribution < -0.4 is 4.90 Å². The fourth-order valence-corrected chi connectivity index (χ4v) is 6.76. The highest BCUT2D eigenvalue weighted by atomic mass is 32.2. The van der Waals surface area contributed by atoms with E-state index >= 15 is 0 Å². The number of nitrogens with one attached hydrogen (secondary N) is 1. The summed E-state index contributed by atoms with van der Waals surface area (Å²) in [7, 11) is -5.76. The second kappa shape index (κ2) is 8.12. The Kier molecular flexibility index (Phi) is 5.66. The number of nitrogens with zero attached hydrogens (tertiary/aromatic N) is 3. The van der Waals surface area contributed by atoms with Crippen LogP contribution in [0.25, 0.3) is 0 Å². The zero-order valence-electron chi connectivity index (χ0n) is 18.5. The molecule has 192 valence electrons. The van der Waals surface area contributed by atoms with Crippen LogP contribution in [0.15, 0.2) is 30.7 Å². The largest absolute Gasteiger partial charge is 0.511 e. The van der Waals surface area contributed by atoms with Crippen LogP contribution in [-0.4, -0.2) is 40.8 Å². The molecule has 0 amide bonds. The normalized spacial score (nSPS) is 23.5. The number of aromatic amines is 1. The first-order valence-electron chi connectivity index (χ1n) is 11.3. The number of H-pyrrole nitrogens is 1. The first-order chi connectivity index (χ1) is 16.3. The molecule has 5 rings (SSSR count). The highest BCUT2D eigenvalue weighted by molar-refractivity contribution is 7.89. The molecule has 1 N–H and O–H groups in total. The van der Waals surface area contributed by atoms with Crippen LogP contribution in [0.1, 0.15) is 48.9 Å². The summed E-state index contributed by atoms with van der Waals surface area (Å²) < 4.78 is 106. The van der Waals surface area contributed by atoms with Crippen molar-refractivity contribution < 1.29 is 34.8 Å². The third kappa shape index (κ3) is 4.30. The van der Waals surface area contributed by atoms with Crippen molar-refractivity contribution in [1.82, 2.24) is 14.3 Å². The summed E-state index contributed by atoms with van der Waals surface area (Å²) in [5, 5.41) is 0. The Bertz CT molecular complexity index is 1180.